The number of fused-ring (bicyclic) bond motifs is 1. The van der Waals surface area contributed by atoms with Crippen LogP contribution >= 0.6 is 0 Å². The number of esters is 1. The van der Waals surface area contributed by atoms with Crippen LogP contribution < -0.4 is 10.4 Å². The van der Waals surface area contributed by atoms with Crippen LogP contribution in [0.25, 0.3) is 22.1 Å². The number of hydrogen-bond donors (Lipinski definition) is 0. The quantitative estimate of drug-likeness (QED) is 0.459. The van der Waals surface area contributed by atoms with Gasteiger partial charge in [-0.3, -0.25) is 0 Å². The maximum Gasteiger partial charge on any atom is 0.344 e. The molecule has 0 N–H and O–H groups in total. The van der Waals surface area contributed by atoms with Crippen molar-refractivity contribution in [1.82, 2.24) is 0 Å². The van der Waals surface area contributed by atoms with Crippen molar-refractivity contribution in [2.45, 2.75) is 26.7 Å². The molecule has 2 aromatic carbocycles. The van der Waals surface area contributed by atoms with E-state index in [0.29, 0.717) is 17.9 Å². The van der Waals surface area contributed by atoms with Crippen molar-refractivity contribution in [3.63, 3.8) is 0 Å². The molecule has 140 valence electrons. The molecule has 1 heterocycles. The smallest absolute Gasteiger partial charge is 0.344 e. The fraction of sp³-hybridized carbons (Fsp3) is 0.273. The van der Waals surface area contributed by atoms with E-state index in [9.17, 15) is 9.59 Å². The summed E-state index contributed by atoms with van der Waals surface area (Å²) in [7, 11) is 0. The van der Waals surface area contributed by atoms with Gasteiger partial charge in [-0.2, -0.15) is 0 Å². The summed E-state index contributed by atoms with van der Waals surface area (Å²) in [5, 5.41) is 0.840. The van der Waals surface area contributed by atoms with Gasteiger partial charge in [-0.1, -0.05) is 43.7 Å². The van der Waals surface area contributed by atoms with Crippen LogP contribution in [0, 0.1) is 0 Å². The monoisotopic (exact) mass is 366 g/mol. The summed E-state index contributed by atoms with van der Waals surface area (Å²) < 4.78 is 16.0. The Hall–Kier alpha value is -3.08. The van der Waals surface area contributed by atoms with Crippen LogP contribution in [-0.2, 0) is 16.0 Å². The van der Waals surface area contributed by atoms with E-state index in [1.807, 2.05) is 36.4 Å². The Bertz CT molecular complexity index is 989. The summed E-state index contributed by atoms with van der Waals surface area (Å²) in [5.74, 6) is 0.102. The summed E-state index contributed by atoms with van der Waals surface area (Å²) in [5.41, 5.74) is 2.72. The first kappa shape index (κ1) is 18.7. The van der Waals surface area contributed by atoms with Gasteiger partial charge < -0.3 is 13.9 Å². The van der Waals surface area contributed by atoms with Gasteiger partial charge in [0.25, 0.3) is 0 Å². The molecular formula is C22H22O5. The lowest BCUT2D eigenvalue weighted by atomic mass is 9.98. The van der Waals surface area contributed by atoms with Crippen molar-refractivity contribution in [2.24, 2.45) is 0 Å². The second-order valence-electron chi connectivity index (χ2n) is 6.14. The van der Waals surface area contributed by atoms with Gasteiger partial charge in [-0.05, 0) is 36.1 Å². The highest BCUT2D eigenvalue weighted by atomic mass is 16.6. The van der Waals surface area contributed by atoms with Crippen LogP contribution in [0.5, 0.6) is 5.75 Å². The number of carbonyl (C=O) groups is 1. The Labute approximate surface area is 157 Å². The van der Waals surface area contributed by atoms with Gasteiger partial charge in [0.2, 0.25) is 0 Å². The molecule has 1 aromatic heterocycles. The molecule has 0 saturated heterocycles. The predicted molar refractivity (Wildman–Crippen MR) is 104 cm³/mol. The summed E-state index contributed by atoms with van der Waals surface area (Å²) in [6.45, 7) is 3.94. The molecule has 0 aliphatic heterocycles. The van der Waals surface area contributed by atoms with Gasteiger partial charge in [-0.25, -0.2) is 9.59 Å². The number of carbonyl (C=O) groups excluding carboxylic acids is 1. The zero-order valence-corrected chi connectivity index (χ0v) is 15.5. The van der Waals surface area contributed by atoms with Crippen LogP contribution in [0.15, 0.2) is 57.7 Å². The summed E-state index contributed by atoms with van der Waals surface area (Å²) >= 11 is 0. The largest absolute Gasteiger partial charge is 0.481 e. The molecule has 0 fully saturated rings. The Balaban J connectivity index is 2.09. The molecule has 0 radical (unpaired) electrons. The van der Waals surface area contributed by atoms with Crippen molar-refractivity contribution in [2.75, 3.05) is 13.2 Å². The number of benzene rings is 2. The predicted octanol–water partition coefficient (Wildman–Crippen LogP) is 4.35. The molecule has 3 aromatic rings. The maximum atomic E-state index is 12.1. The van der Waals surface area contributed by atoms with Crippen LogP contribution in [-0.4, -0.2) is 19.2 Å². The SMILES string of the molecule is CCCc1cc2c(-c3ccccc3)cc(=O)oc2cc1OCC(=O)OCC. The maximum absolute atomic E-state index is 12.1. The Morgan fingerprint density at radius 2 is 1.85 bits per heavy atom. The summed E-state index contributed by atoms with van der Waals surface area (Å²) in [4.78, 5) is 23.7. The third kappa shape index (κ3) is 4.37. The zero-order chi connectivity index (χ0) is 19.2. The fourth-order valence-corrected chi connectivity index (χ4v) is 3.03. The minimum absolute atomic E-state index is 0.182. The van der Waals surface area contributed by atoms with E-state index in [1.54, 1.807) is 13.0 Å². The third-order valence-corrected chi connectivity index (χ3v) is 4.18. The van der Waals surface area contributed by atoms with E-state index in [2.05, 4.69) is 6.92 Å². The van der Waals surface area contributed by atoms with E-state index in [-0.39, 0.29) is 6.61 Å². The van der Waals surface area contributed by atoms with E-state index < -0.39 is 11.6 Å². The number of ether oxygens (including phenoxy) is 2. The fourth-order valence-electron chi connectivity index (χ4n) is 3.03. The highest BCUT2D eigenvalue weighted by Gasteiger charge is 2.14. The minimum atomic E-state index is -0.431. The van der Waals surface area contributed by atoms with Crippen molar-refractivity contribution in [3.8, 4) is 16.9 Å². The second kappa shape index (κ2) is 8.54. The average molecular weight is 366 g/mol. The van der Waals surface area contributed by atoms with Crippen molar-refractivity contribution in [3.05, 3.63) is 64.5 Å². The van der Waals surface area contributed by atoms with Crippen molar-refractivity contribution < 1.29 is 18.7 Å². The lowest BCUT2D eigenvalue weighted by Crippen LogP contribution is -2.15. The highest BCUT2D eigenvalue weighted by Crippen LogP contribution is 2.33. The normalized spacial score (nSPS) is 10.7. The highest BCUT2D eigenvalue weighted by molar-refractivity contribution is 5.94. The standard InChI is InChI=1S/C22H22O5/c1-3-8-16-11-18-17(15-9-6-5-7-10-15)12-21(23)27-20(18)13-19(16)26-14-22(24)25-4-2/h5-7,9-13H,3-4,8,14H2,1-2H3. The van der Waals surface area contributed by atoms with Gasteiger partial charge in [0.05, 0.1) is 6.61 Å². The van der Waals surface area contributed by atoms with E-state index in [4.69, 9.17) is 13.9 Å². The minimum Gasteiger partial charge on any atom is -0.481 e. The Morgan fingerprint density at radius 1 is 1.07 bits per heavy atom. The lowest BCUT2D eigenvalue weighted by Gasteiger charge is -2.13. The molecule has 5 nitrogen and oxygen atoms in total. The van der Waals surface area contributed by atoms with Crippen LogP contribution in [0.1, 0.15) is 25.8 Å². The van der Waals surface area contributed by atoms with Gasteiger partial charge >= 0.3 is 11.6 Å². The Kier molecular flexibility index (Phi) is 5.91. The summed E-state index contributed by atoms with van der Waals surface area (Å²) in [6.07, 6.45) is 1.69. The molecule has 0 amide bonds. The molecule has 27 heavy (non-hydrogen) atoms. The van der Waals surface area contributed by atoms with Gasteiger partial charge in [0, 0.05) is 17.5 Å². The topological polar surface area (TPSA) is 65.7 Å². The third-order valence-electron chi connectivity index (χ3n) is 4.18. The molecular weight excluding hydrogens is 344 g/mol. The van der Waals surface area contributed by atoms with Crippen LogP contribution in [0.3, 0.4) is 0 Å². The molecule has 0 unspecified atom stereocenters. The first-order valence-corrected chi connectivity index (χ1v) is 9.07. The van der Waals surface area contributed by atoms with E-state index in [0.717, 1.165) is 34.9 Å². The number of rotatable bonds is 7. The zero-order valence-electron chi connectivity index (χ0n) is 15.5. The van der Waals surface area contributed by atoms with Gasteiger partial charge in [0.15, 0.2) is 6.61 Å². The summed E-state index contributed by atoms with van der Waals surface area (Å²) in [6, 6.07) is 14.9. The van der Waals surface area contributed by atoms with Crippen molar-refractivity contribution >= 4 is 16.9 Å². The molecule has 0 saturated carbocycles. The first-order chi connectivity index (χ1) is 13.1. The Morgan fingerprint density at radius 3 is 2.56 bits per heavy atom. The second-order valence-corrected chi connectivity index (χ2v) is 6.14. The number of hydrogen-bond acceptors (Lipinski definition) is 5. The van der Waals surface area contributed by atoms with E-state index >= 15 is 0 Å². The van der Waals surface area contributed by atoms with Gasteiger partial charge in [0.1, 0.15) is 11.3 Å². The molecule has 0 spiro atoms. The molecule has 0 aliphatic rings. The molecule has 3 rings (SSSR count). The average Bonchev–Trinajstić information content (AvgIpc) is 2.67. The first-order valence-electron chi connectivity index (χ1n) is 9.07. The van der Waals surface area contributed by atoms with Crippen LogP contribution in [0.4, 0.5) is 0 Å². The van der Waals surface area contributed by atoms with E-state index in [1.165, 1.54) is 6.07 Å². The molecule has 5 heteroatoms. The number of aryl methyl sites for hydroxylation is 1. The molecule has 0 aliphatic carbocycles. The molecule has 0 atom stereocenters. The lowest BCUT2D eigenvalue weighted by molar-refractivity contribution is -0.145. The van der Waals surface area contributed by atoms with Gasteiger partial charge in [-0.15, -0.1) is 0 Å². The van der Waals surface area contributed by atoms with Crippen LogP contribution in [0.2, 0.25) is 0 Å². The molecule has 0 bridgehead atoms. The van der Waals surface area contributed by atoms with Crippen molar-refractivity contribution in [1.29, 1.82) is 0 Å².